The molecule has 0 aliphatic carbocycles. The highest BCUT2D eigenvalue weighted by Crippen LogP contribution is 2.26. The lowest BCUT2D eigenvalue weighted by atomic mass is 10.1. The second-order valence-corrected chi connectivity index (χ2v) is 6.78. The molecule has 0 fully saturated rings. The summed E-state index contributed by atoms with van der Waals surface area (Å²) in [5.74, 6) is 0.688. The summed E-state index contributed by atoms with van der Waals surface area (Å²) in [7, 11) is 3.61. The molecule has 23 heavy (non-hydrogen) atoms. The van der Waals surface area contributed by atoms with Crippen molar-refractivity contribution in [1.82, 2.24) is 4.90 Å². The standard InChI is InChI=1S/C18H21BrClNO2/c1-21(12-17(22)14-5-3-4-6-15(14)19)10-9-13-7-8-18(23-2)16(20)11-13/h3-8,11,17,22H,9-10,12H2,1-2H3. The maximum absolute atomic E-state index is 10.4. The minimum absolute atomic E-state index is 0.518. The van der Waals surface area contributed by atoms with Crippen molar-refractivity contribution in [2.75, 3.05) is 27.2 Å². The van der Waals surface area contributed by atoms with E-state index in [0.29, 0.717) is 17.3 Å². The number of benzene rings is 2. The second kappa shape index (κ2) is 8.69. The van der Waals surface area contributed by atoms with Gasteiger partial charge in [0.15, 0.2) is 0 Å². The van der Waals surface area contributed by atoms with E-state index in [2.05, 4.69) is 20.8 Å². The Bertz CT molecular complexity index is 651. The highest BCUT2D eigenvalue weighted by molar-refractivity contribution is 9.10. The Morgan fingerprint density at radius 2 is 2.00 bits per heavy atom. The van der Waals surface area contributed by atoms with E-state index in [4.69, 9.17) is 16.3 Å². The third-order valence-electron chi connectivity index (χ3n) is 3.75. The second-order valence-electron chi connectivity index (χ2n) is 5.52. The Labute approximate surface area is 151 Å². The summed E-state index contributed by atoms with van der Waals surface area (Å²) in [4.78, 5) is 2.11. The zero-order valence-corrected chi connectivity index (χ0v) is 15.6. The van der Waals surface area contributed by atoms with Crippen LogP contribution >= 0.6 is 27.5 Å². The van der Waals surface area contributed by atoms with Crippen molar-refractivity contribution in [2.45, 2.75) is 12.5 Å². The lowest BCUT2D eigenvalue weighted by Crippen LogP contribution is -2.27. The van der Waals surface area contributed by atoms with Crippen LogP contribution in [-0.2, 0) is 6.42 Å². The van der Waals surface area contributed by atoms with E-state index in [0.717, 1.165) is 28.6 Å². The first-order valence-corrected chi connectivity index (χ1v) is 8.62. The van der Waals surface area contributed by atoms with Gasteiger partial charge >= 0.3 is 0 Å². The molecule has 1 unspecified atom stereocenters. The van der Waals surface area contributed by atoms with E-state index in [1.165, 1.54) is 0 Å². The van der Waals surface area contributed by atoms with Crippen LogP contribution in [-0.4, -0.2) is 37.3 Å². The highest BCUT2D eigenvalue weighted by atomic mass is 79.9. The molecule has 0 saturated heterocycles. The SMILES string of the molecule is COc1ccc(CCN(C)CC(O)c2ccccc2Br)cc1Cl. The summed E-state index contributed by atoms with van der Waals surface area (Å²) in [5, 5.41) is 11.0. The Morgan fingerprint density at radius 1 is 1.26 bits per heavy atom. The van der Waals surface area contributed by atoms with Gasteiger partial charge in [-0.15, -0.1) is 0 Å². The molecule has 0 radical (unpaired) electrons. The molecular weight excluding hydrogens is 378 g/mol. The normalized spacial score (nSPS) is 12.4. The summed E-state index contributed by atoms with van der Waals surface area (Å²) >= 11 is 9.62. The smallest absolute Gasteiger partial charge is 0.137 e. The number of halogens is 2. The fraction of sp³-hybridized carbons (Fsp3) is 0.333. The predicted molar refractivity (Wildman–Crippen MR) is 98.3 cm³/mol. The van der Waals surface area contributed by atoms with Crippen molar-refractivity contribution in [3.8, 4) is 5.75 Å². The monoisotopic (exact) mass is 397 g/mol. The van der Waals surface area contributed by atoms with Gasteiger partial charge in [-0.25, -0.2) is 0 Å². The van der Waals surface area contributed by atoms with Crippen LogP contribution in [0.5, 0.6) is 5.75 Å². The van der Waals surface area contributed by atoms with Gasteiger partial charge in [-0.2, -0.15) is 0 Å². The van der Waals surface area contributed by atoms with Gasteiger partial charge < -0.3 is 14.7 Å². The van der Waals surface area contributed by atoms with Crippen molar-refractivity contribution in [3.05, 3.63) is 63.1 Å². The number of hydrogen-bond acceptors (Lipinski definition) is 3. The third-order valence-corrected chi connectivity index (χ3v) is 4.76. The Morgan fingerprint density at radius 3 is 2.65 bits per heavy atom. The Kier molecular flexibility index (Phi) is 6.90. The molecule has 0 saturated carbocycles. The molecule has 2 rings (SSSR count). The van der Waals surface area contributed by atoms with Crippen molar-refractivity contribution in [1.29, 1.82) is 0 Å². The summed E-state index contributed by atoms with van der Waals surface area (Å²) in [6.07, 6.45) is 0.345. The third kappa shape index (κ3) is 5.21. The number of rotatable bonds is 7. The quantitative estimate of drug-likeness (QED) is 0.754. The predicted octanol–water partition coefficient (Wildman–Crippen LogP) is 4.32. The summed E-state index contributed by atoms with van der Waals surface area (Å²) in [5.41, 5.74) is 2.06. The van der Waals surface area contributed by atoms with E-state index in [1.807, 2.05) is 49.5 Å². The van der Waals surface area contributed by atoms with Crippen molar-refractivity contribution < 1.29 is 9.84 Å². The van der Waals surface area contributed by atoms with Crippen LogP contribution in [0.25, 0.3) is 0 Å². The van der Waals surface area contributed by atoms with Crippen LogP contribution in [0.2, 0.25) is 5.02 Å². The molecule has 2 aromatic rings. The van der Waals surface area contributed by atoms with Crippen molar-refractivity contribution in [3.63, 3.8) is 0 Å². The molecular formula is C18H21BrClNO2. The van der Waals surface area contributed by atoms with Crippen molar-refractivity contribution >= 4 is 27.5 Å². The molecule has 3 nitrogen and oxygen atoms in total. The van der Waals surface area contributed by atoms with Gasteiger partial charge in [0.25, 0.3) is 0 Å². The van der Waals surface area contributed by atoms with Crippen LogP contribution in [0.4, 0.5) is 0 Å². The molecule has 0 aromatic heterocycles. The molecule has 0 aliphatic heterocycles. The highest BCUT2D eigenvalue weighted by Gasteiger charge is 2.13. The lowest BCUT2D eigenvalue weighted by molar-refractivity contribution is 0.127. The van der Waals surface area contributed by atoms with E-state index in [-0.39, 0.29) is 0 Å². The number of ether oxygens (including phenoxy) is 1. The first kappa shape index (κ1) is 18.3. The zero-order valence-electron chi connectivity index (χ0n) is 13.3. The Hall–Kier alpha value is -1.07. The molecule has 0 amide bonds. The van der Waals surface area contributed by atoms with E-state index in [1.54, 1.807) is 7.11 Å². The molecule has 1 atom stereocenters. The number of likely N-dealkylation sites (N-methyl/N-ethyl adjacent to an activating group) is 1. The molecule has 0 aliphatic rings. The maximum atomic E-state index is 10.4. The number of methoxy groups -OCH3 is 1. The first-order valence-electron chi connectivity index (χ1n) is 7.44. The van der Waals surface area contributed by atoms with Gasteiger partial charge in [0.2, 0.25) is 0 Å². The topological polar surface area (TPSA) is 32.7 Å². The van der Waals surface area contributed by atoms with E-state index < -0.39 is 6.10 Å². The first-order chi connectivity index (χ1) is 11.0. The van der Waals surface area contributed by atoms with Gasteiger partial charge in [-0.05, 0) is 42.8 Å². The fourth-order valence-electron chi connectivity index (χ4n) is 2.42. The molecule has 0 heterocycles. The van der Waals surface area contributed by atoms with Gasteiger partial charge in [-0.3, -0.25) is 0 Å². The summed E-state index contributed by atoms with van der Waals surface area (Å²) < 4.78 is 6.09. The Balaban J connectivity index is 1.89. The minimum atomic E-state index is -0.518. The van der Waals surface area contributed by atoms with Crippen LogP contribution < -0.4 is 4.74 Å². The minimum Gasteiger partial charge on any atom is -0.495 e. The summed E-state index contributed by atoms with van der Waals surface area (Å²) in [6.45, 7) is 1.41. The molecule has 0 bridgehead atoms. The van der Waals surface area contributed by atoms with Gasteiger partial charge in [0.1, 0.15) is 5.75 Å². The largest absolute Gasteiger partial charge is 0.495 e. The average molecular weight is 399 g/mol. The van der Waals surface area contributed by atoms with E-state index >= 15 is 0 Å². The molecule has 5 heteroatoms. The summed E-state index contributed by atoms with van der Waals surface area (Å²) in [6, 6.07) is 13.6. The lowest BCUT2D eigenvalue weighted by Gasteiger charge is -2.21. The van der Waals surface area contributed by atoms with Gasteiger partial charge in [0, 0.05) is 17.6 Å². The molecule has 124 valence electrons. The molecule has 2 aromatic carbocycles. The van der Waals surface area contributed by atoms with Gasteiger partial charge in [0.05, 0.1) is 18.2 Å². The number of aliphatic hydroxyl groups is 1. The van der Waals surface area contributed by atoms with Gasteiger partial charge in [-0.1, -0.05) is 51.8 Å². The van der Waals surface area contributed by atoms with Crippen LogP contribution in [0.3, 0.4) is 0 Å². The average Bonchev–Trinajstić information content (AvgIpc) is 2.53. The van der Waals surface area contributed by atoms with E-state index in [9.17, 15) is 5.11 Å². The number of aliphatic hydroxyl groups excluding tert-OH is 1. The van der Waals surface area contributed by atoms with Crippen LogP contribution in [0.15, 0.2) is 46.9 Å². The van der Waals surface area contributed by atoms with Crippen LogP contribution in [0.1, 0.15) is 17.2 Å². The van der Waals surface area contributed by atoms with Crippen molar-refractivity contribution in [2.24, 2.45) is 0 Å². The maximum Gasteiger partial charge on any atom is 0.137 e. The molecule has 1 N–H and O–H groups in total. The zero-order chi connectivity index (χ0) is 16.8. The number of hydrogen-bond donors (Lipinski definition) is 1. The fourth-order valence-corrected chi connectivity index (χ4v) is 3.24. The number of nitrogens with zero attached hydrogens (tertiary/aromatic N) is 1. The van der Waals surface area contributed by atoms with Crippen LogP contribution in [0, 0.1) is 0 Å². The molecule has 0 spiro atoms.